The first-order chi connectivity index (χ1) is 7.13. The zero-order valence-electron chi connectivity index (χ0n) is 8.15. The number of carbonyl (C=O) groups is 2. The van der Waals surface area contributed by atoms with E-state index in [0.29, 0.717) is 5.56 Å². The standard InChI is InChI=1S/C10H9N3O2/c1-7(14)5-13-10(15)9-3-2-8(4-11)6-12-9/h2-3,6H,5H2,1H3,(H,13,15). The van der Waals surface area contributed by atoms with Crippen molar-refractivity contribution in [3.05, 3.63) is 29.6 Å². The van der Waals surface area contributed by atoms with Gasteiger partial charge in [-0.15, -0.1) is 0 Å². The molecule has 5 nitrogen and oxygen atoms in total. The minimum atomic E-state index is -0.422. The third-order valence-electron chi connectivity index (χ3n) is 1.62. The van der Waals surface area contributed by atoms with E-state index >= 15 is 0 Å². The van der Waals surface area contributed by atoms with E-state index in [1.54, 1.807) is 0 Å². The summed E-state index contributed by atoms with van der Waals surface area (Å²) < 4.78 is 0. The van der Waals surface area contributed by atoms with Gasteiger partial charge in [0.05, 0.1) is 12.1 Å². The van der Waals surface area contributed by atoms with Gasteiger partial charge in [-0.2, -0.15) is 5.26 Å². The molecule has 0 atom stereocenters. The van der Waals surface area contributed by atoms with E-state index < -0.39 is 5.91 Å². The molecule has 0 radical (unpaired) electrons. The molecule has 0 fully saturated rings. The van der Waals surface area contributed by atoms with Crippen LogP contribution in [0.3, 0.4) is 0 Å². The highest BCUT2D eigenvalue weighted by molar-refractivity contribution is 5.94. The van der Waals surface area contributed by atoms with Crippen LogP contribution in [0.4, 0.5) is 0 Å². The van der Waals surface area contributed by atoms with Crippen molar-refractivity contribution in [2.24, 2.45) is 0 Å². The number of hydrogen-bond donors (Lipinski definition) is 1. The highest BCUT2D eigenvalue weighted by Gasteiger charge is 2.06. The van der Waals surface area contributed by atoms with Gasteiger partial charge in [-0.3, -0.25) is 9.59 Å². The predicted octanol–water partition coefficient (Wildman–Crippen LogP) is 0.272. The number of pyridine rings is 1. The van der Waals surface area contributed by atoms with E-state index in [9.17, 15) is 9.59 Å². The van der Waals surface area contributed by atoms with Gasteiger partial charge in [0, 0.05) is 6.20 Å². The minimum absolute atomic E-state index is 0.0134. The molecule has 1 aromatic rings. The Morgan fingerprint density at radius 1 is 1.53 bits per heavy atom. The van der Waals surface area contributed by atoms with E-state index in [0.717, 1.165) is 0 Å². The molecule has 5 heteroatoms. The molecule has 1 amide bonds. The fourth-order valence-corrected chi connectivity index (χ4v) is 0.890. The molecule has 0 spiro atoms. The van der Waals surface area contributed by atoms with E-state index in [4.69, 9.17) is 5.26 Å². The summed E-state index contributed by atoms with van der Waals surface area (Å²) in [5, 5.41) is 10.9. The van der Waals surface area contributed by atoms with Crippen molar-refractivity contribution in [2.75, 3.05) is 6.54 Å². The Balaban J connectivity index is 2.67. The van der Waals surface area contributed by atoms with Crippen molar-refractivity contribution in [1.29, 1.82) is 5.26 Å². The summed E-state index contributed by atoms with van der Waals surface area (Å²) in [4.78, 5) is 25.7. The maximum atomic E-state index is 11.3. The number of amides is 1. The van der Waals surface area contributed by atoms with Crippen LogP contribution >= 0.6 is 0 Å². The molecule has 1 aromatic heterocycles. The lowest BCUT2D eigenvalue weighted by Crippen LogP contribution is -2.28. The first-order valence-electron chi connectivity index (χ1n) is 4.27. The summed E-state index contributed by atoms with van der Waals surface area (Å²) in [6.07, 6.45) is 1.31. The van der Waals surface area contributed by atoms with Crippen LogP contribution in [0.1, 0.15) is 23.0 Å². The lowest BCUT2D eigenvalue weighted by molar-refractivity contribution is -0.116. The van der Waals surface area contributed by atoms with Gasteiger partial charge in [-0.25, -0.2) is 4.98 Å². The van der Waals surface area contributed by atoms with Crippen LogP contribution in [0.5, 0.6) is 0 Å². The summed E-state index contributed by atoms with van der Waals surface area (Å²) in [6, 6.07) is 4.83. The van der Waals surface area contributed by atoms with E-state index in [-0.39, 0.29) is 18.0 Å². The minimum Gasteiger partial charge on any atom is -0.344 e. The molecule has 0 aliphatic heterocycles. The molecular formula is C10H9N3O2. The predicted molar refractivity (Wildman–Crippen MR) is 52.0 cm³/mol. The molecule has 0 unspecified atom stereocenters. The van der Waals surface area contributed by atoms with Crippen LogP contribution in [0, 0.1) is 11.3 Å². The highest BCUT2D eigenvalue weighted by atomic mass is 16.2. The van der Waals surface area contributed by atoms with Crippen molar-refractivity contribution in [3.63, 3.8) is 0 Å². The Morgan fingerprint density at radius 3 is 2.73 bits per heavy atom. The molecule has 1 N–H and O–H groups in total. The van der Waals surface area contributed by atoms with E-state index in [2.05, 4.69) is 10.3 Å². The second kappa shape index (κ2) is 4.86. The number of nitrogens with one attached hydrogen (secondary N) is 1. The molecule has 1 heterocycles. The summed E-state index contributed by atoms with van der Waals surface area (Å²) in [7, 11) is 0. The summed E-state index contributed by atoms with van der Waals surface area (Å²) >= 11 is 0. The lowest BCUT2D eigenvalue weighted by Gasteiger charge is -2.01. The third-order valence-corrected chi connectivity index (χ3v) is 1.62. The Bertz CT molecular complexity index is 417. The van der Waals surface area contributed by atoms with Gasteiger partial charge in [-0.1, -0.05) is 0 Å². The van der Waals surface area contributed by atoms with Gasteiger partial charge in [0.2, 0.25) is 0 Å². The van der Waals surface area contributed by atoms with Crippen LogP contribution in [-0.4, -0.2) is 23.2 Å². The summed E-state index contributed by atoms with van der Waals surface area (Å²) in [5.74, 6) is -0.549. The smallest absolute Gasteiger partial charge is 0.270 e. The number of carbonyl (C=O) groups excluding carboxylic acids is 2. The molecule has 1 rings (SSSR count). The Hall–Kier alpha value is -2.22. The average Bonchev–Trinajstić information content (AvgIpc) is 2.26. The zero-order chi connectivity index (χ0) is 11.3. The molecule has 0 aliphatic rings. The number of aromatic nitrogens is 1. The first kappa shape index (κ1) is 10.9. The Labute approximate surface area is 86.7 Å². The third kappa shape index (κ3) is 3.19. The van der Waals surface area contributed by atoms with Crippen molar-refractivity contribution in [3.8, 4) is 6.07 Å². The zero-order valence-corrected chi connectivity index (χ0v) is 8.15. The van der Waals surface area contributed by atoms with Crippen LogP contribution in [0.2, 0.25) is 0 Å². The van der Waals surface area contributed by atoms with Crippen LogP contribution in [0.15, 0.2) is 18.3 Å². The lowest BCUT2D eigenvalue weighted by atomic mass is 10.2. The maximum absolute atomic E-state index is 11.3. The van der Waals surface area contributed by atoms with Crippen LogP contribution in [-0.2, 0) is 4.79 Å². The van der Waals surface area contributed by atoms with E-state index in [1.807, 2.05) is 6.07 Å². The van der Waals surface area contributed by atoms with Crippen molar-refractivity contribution >= 4 is 11.7 Å². The quantitative estimate of drug-likeness (QED) is 0.764. The molecule has 0 aromatic carbocycles. The average molecular weight is 203 g/mol. The molecule has 15 heavy (non-hydrogen) atoms. The molecular weight excluding hydrogens is 194 g/mol. The van der Waals surface area contributed by atoms with Gasteiger partial charge in [0.25, 0.3) is 5.91 Å². The van der Waals surface area contributed by atoms with Gasteiger partial charge in [0.15, 0.2) is 0 Å². The molecule has 0 bridgehead atoms. The second-order valence-corrected chi connectivity index (χ2v) is 2.93. The topological polar surface area (TPSA) is 82.9 Å². The second-order valence-electron chi connectivity index (χ2n) is 2.93. The maximum Gasteiger partial charge on any atom is 0.270 e. The number of nitriles is 1. The number of Topliss-reactive ketones (excluding diaryl/α,β-unsaturated/α-hetero) is 1. The van der Waals surface area contributed by atoms with Crippen molar-refractivity contribution in [1.82, 2.24) is 10.3 Å². The van der Waals surface area contributed by atoms with Gasteiger partial charge < -0.3 is 5.32 Å². The summed E-state index contributed by atoms with van der Waals surface area (Å²) in [5.41, 5.74) is 0.577. The Morgan fingerprint density at radius 2 is 2.27 bits per heavy atom. The number of rotatable bonds is 3. The van der Waals surface area contributed by atoms with Crippen molar-refractivity contribution < 1.29 is 9.59 Å². The van der Waals surface area contributed by atoms with Crippen LogP contribution in [0.25, 0.3) is 0 Å². The molecule has 0 aliphatic carbocycles. The van der Waals surface area contributed by atoms with Crippen LogP contribution < -0.4 is 5.32 Å². The largest absolute Gasteiger partial charge is 0.344 e. The first-order valence-corrected chi connectivity index (χ1v) is 4.27. The van der Waals surface area contributed by atoms with Gasteiger partial charge >= 0.3 is 0 Å². The Kier molecular flexibility index (Phi) is 3.52. The normalized spacial score (nSPS) is 9.07. The number of nitrogens with zero attached hydrogens (tertiary/aromatic N) is 2. The fraction of sp³-hybridized carbons (Fsp3) is 0.200. The molecule has 76 valence electrons. The highest BCUT2D eigenvalue weighted by Crippen LogP contribution is 1.98. The number of ketones is 1. The monoisotopic (exact) mass is 203 g/mol. The fourth-order valence-electron chi connectivity index (χ4n) is 0.890. The van der Waals surface area contributed by atoms with Gasteiger partial charge in [-0.05, 0) is 19.1 Å². The summed E-state index contributed by atoms with van der Waals surface area (Å²) in [6.45, 7) is 1.37. The SMILES string of the molecule is CC(=O)CNC(=O)c1ccc(C#N)cn1. The van der Waals surface area contributed by atoms with Gasteiger partial charge in [0.1, 0.15) is 17.5 Å². The molecule has 0 saturated carbocycles. The van der Waals surface area contributed by atoms with Crippen molar-refractivity contribution in [2.45, 2.75) is 6.92 Å². The van der Waals surface area contributed by atoms with E-state index in [1.165, 1.54) is 25.3 Å². The molecule has 0 saturated heterocycles. The number of hydrogen-bond acceptors (Lipinski definition) is 4.